The molecule has 0 aliphatic carbocycles. The number of hydrogen-bond acceptors (Lipinski definition) is 3. The maximum Gasteiger partial charge on any atom is 0.124 e. The van der Waals surface area contributed by atoms with Crippen molar-refractivity contribution in [3.05, 3.63) is 52.5 Å². The molecule has 1 atom stereocenters. The molecule has 0 unspecified atom stereocenters. The van der Waals surface area contributed by atoms with Gasteiger partial charge in [0.05, 0.1) is 7.11 Å². The molecule has 2 nitrogen and oxygen atoms in total. The second-order valence-corrected chi connectivity index (χ2v) is 6.13. The summed E-state index contributed by atoms with van der Waals surface area (Å²) in [5.74, 6) is 0.840. The van der Waals surface area contributed by atoms with Gasteiger partial charge >= 0.3 is 0 Å². The molecule has 0 heterocycles. The van der Waals surface area contributed by atoms with Crippen LogP contribution in [0.5, 0.6) is 5.75 Å². The highest BCUT2D eigenvalue weighted by Crippen LogP contribution is 2.39. The molecule has 0 spiro atoms. The Kier molecular flexibility index (Phi) is 4.91. The third-order valence-corrected chi connectivity index (χ3v) is 4.86. The molecule has 0 aliphatic rings. The van der Waals surface area contributed by atoms with Gasteiger partial charge in [0.25, 0.3) is 0 Å². The second kappa shape index (κ2) is 6.46. The average Bonchev–Trinajstić information content (AvgIpc) is 2.40. The molecule has 0 bridgehead atoms. The second-order valence-electron chi connectivity index (χ2n) is 4.19. The first-order valence-corrected chi connectivity index (χ1v) is 7.59. The topological polar surface area (TPSA) is 35.2 Å². The van der Waals surface area contributed by atoms with E-state index in [1.165, 1.54) is 0 Å². The van der Waals surface area contributed by atoms with Crippen LogP contribution < -0.4 is 10.5 Å². The predicted molar refractivity (Wildman–Crippen MR) is 83.9 cm³/mol. The lowest BCUT2D eigenvalue weighted by Crippen LogP contribution is -2.08. The highest BCUT2D eigenvalue weighted by Gasteiger charge is 2.14. The van der Waals surface area contributed by atoms with Gasteiger partial charge in [0.15, 0.2) is 0 Å². The predicted octanol–water partition coefficient (Wildman–Crippen LogP) is 4.63. The van der Waals surface area contributed by atoms with Gasteiger partial charge in [-0.1, -0.05) is 30.0 Å². The highest BCUT2D eigenvalue weighted by molar-refractivity contribution is 9.10. The van der Waals surface area contributed by atoms with Crippen LogP contribution in [0.3, 0.4) is 0 Å². The lowest BCUT2D eigenvalue weighted by molar-refractivity contribution is 0.405. The van der Waals surface area contributed by atoms with Crippen molar-refractivity contribution in [1.82, 2.24) is 0 Å². The van der Waals surface area contributed by atoms with Crippen molar-refractivity contribution in [1.29, 1.82) is 0 Å². The SMILES string of the molecule is COc1cccc(Sc2ccccc2Br)c1[C@@H](C)N. The summed E-state index contributed by atoms with van der Waals surface area (Å²) in [4.78, 5) is 2.29. The van der Waals surface area contributed by atoms with E-state index >= 15 is 0 Å². The molecule has 0 aromatic heterocycles. The number of rotatable bonds is 4. The fourth-order valence-electron chi connectivity index (χ4n) is 1.89. The van der Waals surface area contributed by atoms with Crippen LogP contribution in [0.2, 0.25) is 0 Å². The van der Waals surface area contributed by atoms with E-state index in [4.69, 9.17) is 10.5 Å². The summed E-state index contributed by atoms with van der Waals surface area (Å²) in [7, 11) is 1.67. The fraction of sp³-hybridized carbons (Fsp3) is 0.200. The molecule has 0 saturated carbocycles. The fourth-order valence-corrected chi connectivity index (χ4v) is 3.51. The summed E-state index contributed by atoms with van der Waals surface area (Å²) in [5.41, 5.74) is 7.12. The largest absolute Gasteiger partial charge is 0.496 e. The molecule has 2 rings (SSSR count). The van der Waals surface area contributed by atoms with Gasteiger partial charge in [-0.2, -0.15) is 0 Å². The Balaban J connectivity index is 2.43. The Morgan fingerprint density at radius 2 is 1.79 bits per heavy atom. The molecule has 0 fully saturated rings. The highest BCUT2D eigenvalue weighted by atomic mass is 79.9. The third kappa shape index (κ3) is 3.32. The van der Waals surface area contributed by atoms with Gasteiger partial charge in [-0.25, -0.2) is 0 Å². The van der Waals surface area contributed by atoms with E-state index < -0.39 is 0 Å². The molecule has 2 aromatic rings. The smallest absolute Gasteiger partial charge is 0.124 e. The molecule has 0 amide bonds. The van der Waals surface area contributed by atoms with Crippen molar-refractivity contribution < 1.29 is 4.74 Å². The van der Waals surface area contributed by atoms with E-state index in [-0.39, 0.29) is 6.04 Å². The van der Waals surface area contributed by atoms with Gasteiger partial charge < -0.3 is 10.5 Å². The zero-order valence-corrected chi connectivity index (χ0v) is 13.3. The van der Waals surface area contributed by atoms with E-state index in [9.17, 15) is 0 Å². The Hall–Kier alpha value is -0.970. The molecule has 0 aliphatic heterocycles. The minimum absolute atomic E-state index is 0.0684. The Bertz CT molecular complexity index is 572. The molecule has 19 heavy (non-hydrogen) atoms. The van der Waals surface area contributed by atoms with Crippen LogP contribution in [-0.4, -0.2) is 7.11 Å². The normalized spacial score (nSPS) is 12.2. The quantitative estimate of drug-likeness (QED) is 0.883. The summed E-state index contributed by atoms with van der Waals surface area (Å²) >= 11 is 5.26. The van der Waals surface area contributed by atoms with Crippen LogP contribution in [0.15, 0.2) is 56.7 Å². The van der Waals surface area contributed by atoms with Gasteiger partial charge in [-0.3, -0.25) is 0 Å². The minimum atomic E-state index is -0.0684. The molecule has 0 radical (unpaired) electrons. The maximum absolute atomic E-state index is 6.08. The number of methoxy groups -OCH3 is 1. The van der Waals surface area contributed by atoms with Crippen LogP contribution in [-0.2, 0) is 0 Å². The monoisotopic (exact) mass is 337 g/mol. The van der Waals surface area contributed by atoms with Gasteiger partial charge in [0, 0.05) is 25.9 Å². The molecule has 2 aromatic carbocycles. The van der Waals surface area contributed by atoms with Crippen LogP contribution in [0.1, 0.15) is 18.5 Å². The van der Waals surface area contributed by atoms with Crippen LogP contribution in [0.25, 0.3) is 0 Å². The Morgan fingerprint density at radius 3 is 2.42 bits per heavy atom. The molecule has 100 valence electrons. The Labute approximate surface area is 126 Å². The van der Waals surface area contributed by atoms with Gasteiger partial charge in [-0.15, -0.1) is 0 Å². The van der Waals surface area contributed by atoms with Gasteiger partial charge in [0.2, 0.25) is 0 Å². The van der Waals surface area contributed by atoms with E-state index in [0.29, 0.717) is 0 Å². The third-order valence-electron chi connectivity index (χ3n) is 2.76. The minimum Gasteiger partial charge on any atom is -0.496 e. The summed E-state index contributed by atoms with van der Waals surface area (Å²) in [6.45, 7) is 1.97. The number of halogens is 1. The molecule has 2 N–H and O–H groups in total. The zero-order chi connectivity index (χ0) is 13.8. The zero-order valence-electron chi connectivity index (χ0n) is 10.9. The molecule has 0 saturated heterocycles. The van der Waals surface area contributed by atoms with Crippen molar-refractivity contribution in [3.63, 3.8) is 0 Å². The summed E-state index contributed by atoms with van der Waals surface area (Å²) in [6, 6.07) is 14.1. The van der Waals surface area contributed by atoms with E-state index in [1.54, 1.807) is 18.9 Å². The van der Waals surface area contributed by atoms with Crippen LogP contribution >= 0.6 is 27.7 Å². The van der Waals surface area contributed by atoms with Crippen molar-refractivity contribution in [2.75, 3.05) is 7.11 Å². The van der Waals surface area contributed by atoms with E-state index in [0.717, 1.165) is 25.6 Å². The number of hydrogen-bond donors (Lipinski definition) is 1. The first-order chi connectivity index (χ1) is 9.13. The standard InChI is InChI=1S/C15H16BrNOS/c1-10(17)15-12(18-2)7-5-9-14(15)19-13-8-4-3-6-11(13)16/h3-10H,17H2,1-2H3/t10-/m1/s1. The van der Waals surface area contributed by atoms with Crippen molar-refractivity contribution >= 4 is 27.7 Å². The van der Waals surface area contributed by atoms with E-state index in [2.05, 4.69) is 28.1 Å². The van der Waals surface area contributed by atoms with Crippen molar-refractivity contribution in [2.45, 2.75) is 22.8 Å². The summed E-state index contributed by atoms with van der Waals surface area (Å²) in [5, 5.41) is 0. The van der Waals surface area contributed by atoms with E-state index in [1.807, 2.05) is 37.3 Å². The first kappa shape index (κ1) is 14.4. The first-order valence-electron chi connectivity index (χ1n) is 5.98. The lowest BCUT2D eigenvalue weighted by Gasteiger charge is -2.16. The van der Waals surface area contributed by atoms with Crippen LogP contribution in [0, 0.1) is 0 Å². The molecular weight excluding hydrogens is 322 g/mol. The lowest BCUT2D eigenvalue weighted by atomic mass is 10.1. The van der Waals surface area contributed by atoms with Crippen molar-refractivity contribution in [2.24, 2.45) is 5.73 Å². The van der Waals surface area contributed by atoms with Crippen molar-refractivity contribution in [3.8, 4) is 5.75 Å². The van der Waals surface area contributed by atoms with Gasteiger partial charge in [0.1, 0.15) is 5.75 Å². The maximum atomic E-state index is 6.08. The average molecular weight is 338 g/mol. The number of benzene rings is 2. The van der Waals surface area contributed by atoms with Crippen LogP contribution in [0.4, 0.5) is 0 Å². The molecular formula is C15H16BrNOS. The summed E-state index contributed by atoms with van der Waals surface area (Å²) < 4.78 is 6.49. The Morgan fingerprint density at radius 1 is 1.11 bits per heavy atom. The number of ether oxygens (including phenoxy) is 1. The number of nitrogens with two attached hydrogens (primary N) is 1. The molecule has 4 heteroatoms. The van der Waals surface area contributed by atoms with Gasteiger partial charge in [-0.05, 0) is 47.1 Å². The summed E-state index contributed by atoms with van der Waals surface area (Å²) in [6.07, 6.45) is 0.